The molecular formula is C57H97NO18. The van der Waals surface area contributed by atoms with Gasteiger partial charge in [0.15, 0.2) is 18.9 Å². The molecule has 0 radical (unpaired) electrons. The van der Waals surface area contributed by atoms with E-state index >= 15 is 0 Å². The number of amides is 1. The molecule has 0 aromatic carbocycles. The third-order valence-electron chi connectivity index (χ3n) is 13.7. The zero-order valence-corrected chi connectivity index (χ0v) is 45.2. The van der Waals surface area contributed by atoms with Crippen molar-refractivity contribution in [3.63, 3.8) is 0 Å². The van der Waals surface area contributed by atoms with Gasteiger partial charge in [0.2, 0.25) is 5.91 Å². The molecule has 12 N–H and O–H groups in total. The molecule has 17 unspecified atom stereocenters. The van der Waals surface area contributed by atoms with Crippen LogP contribution in [-0.2, 0) is 33.2 Å². The summed E-state index contributed by atoms with van der Waals surface area (Å²) in [6.45, 7) is 1.52. The van der Waals surface area contributed by atoms with Crippen molar-refractivity contribution in [1.29, 1.82) is 0 Å². The second-order valence-corrected chi connectivity index (χ2v) is 20.0. The van der Waals surface area contributed by atoms with Gasteiger partial charge in [0, 0.05) is 6.42 Å². The molecule has 0 aromatic rings. The molecule has 17 atom stereocenters. The van der Waals surface area contributed by atoms with E-state index in [0.717, 1.165) is 70.6 Å². The summed E-state index contributed by atoms with van der Waals surface area (Å²) in [5, 5.41) is 120. The average molecular weight is 1080 g/mol. The summed E-state index contributed by atoms with van der Waals surface area (Å²) in [6, 6.07) is -1.00. The van der Waals surface area contributed by atoms with Crippen LogP contribution < -0.4 is 5.32 Å². The predicted molar refractivity (Wildman–Crippen MR) is 286 cm³/mol. The molecule has 0 aromatic heterocycles. The number of ether oxygens (including phenoxy) is 6. The summed E-state index contributed by atoms with van der Waals surface area (Å²) >= 11 is 0. The van der Waals surface area contributed by atoms with E-state index in [4.69, 9.17) is 28.4 Å². The highest BCUT2D eigenvalue weighted by molar-refractivity contribution is 5.76. The molecule has 3 heterocycles. The first kappa shape index (κ1) is 67.5. The highest BCUT2D eigenvalue weighted by Gasteiger charge is 2.53. The molecule has 19 heteroatoms. The standard InChI is InChI=1S/C57H97NO18/c1-3-5-7-9-11-13-15-17-19-20-21-23-25-27-29-31-33-35-45(63)58-40(41(62)34-32-30-28-26-24-22-18-16-14-12-10-8-6-4-2)39-71-55-51(69)48(66)53(43(37-60)73-55)76-57-52(70)49(67)54(44(38-61)74-57)75-56-50(68)47(65)46(64)42(36-59)72-56/h5,7,11,13,17,19,21,23-24,26,32,34,40-44,46-57,59-62,64-70H,3-4,6,8-10,12,14-16,18,20,22,25,27-31,33,35-39H2,1-2H3,(H,58,63)/b7-5-,13-11-,19-17-,23-21-,26-24+,34-32+. The number of unbranched alkanes of at least 4 members (excludes halogenated alkanes) is 13. The van der Waals surface area contributed by atoms with Crippen molar-refractivity contribution in [1.82, 2.24) is 5.32 Å². The zero-order chi connectivity index (χ0) is 55.5. The third-order valence-corrected chi connectivity index (χ3v) is 13.7. The molecule has 19 nitrogen and oxygen atoms in total. The first-order chi connectivity index (χ1) is 36.8. The van der Waals surface area contributed by atoms with Gasteiger partial charge in [-0.05, 0) is 70.6 Å². The third kappa shape index (κ3) is 24.7. The van der Waals surface area contributed by atoms with E-state index < -0.39 is 124 Å². The van der Waals surface area contributed by atoms with Crippen LogP contribution in [0, 0.1) is 0 Å². The van der Waals surface area contributed by atoms with Crippen LogP contribution in [0.5, 0.6) is 0 Å². The lowest BCUT2D eigenvalue weighted by Crippen LogP contribution is -2.66. The lowest BCUT2D eigenvalue weighted by Gasteiger charge is -2.48. The minimum Gasteiger partial charge on any atom is -0.394 e. The number of carbonyl (C=O) groups excluding carboxylic acids is 1. The SMILES string of the molecule is CC/C=C\C/C=C\C/C=C\C/C=C\CCCCCCC(=O)NC(COC1OC(CO)C(OC2OC(CO)C(OC3OC(CO)C(O)C(O)C3O)C(O)C2O)C(O)C1O)C(O)/C=C/CC/C=C/CCCCCCCCCC. The molecule has 0 bridgehead atoms. The molecular weight excluding hydrogens is 987 g/mol. The van der Waals surface area contributed by atoms with Crippen molar-refractivity contribution >= 4 is 5.91 Å². The fourth-order valence-electron chi connectivity index (χ4n) is 9.08. The predicted octanol–water partition coefficient (Wildman–Crippen LogP) is 3.87. The Kier molecular flexibility index (Phi) is 35.9. The number of aliphatic hydroxyl groups is 11. The number of aliphatic hydroxyl groups excluding tert-OH is 11. The van der Waals surface area contributed by atoms with E-state index in [1.54, 1.807) is 6.08 Å². The molecule has 3 aliphatic rings. The van der Waals surface area contributed by atoms with E-state index in [9.17, 15) is 61.0 Å². The van der Waals surface area contributed by atoms with Crippen LogP contribution in [0.25, 0.3) is 0 Å². The number of hydrogen-bond acceptors (Lipinski definition) is 18. The average Bonchev–Trinajstić information content (AvgIpc) is 3.41. The van der Waals surface area contributed by atoms with Crippen LogP contribution in [0.3, 0.4) is 0 Å². The van der Waals surface area contributed by atoms with Crippen molar-refractivity contribution in [2.24, 2.45) is 0 Å². The fraction of sp³-hybridized carbons (Fsp3) is 0.772. The topological polar surface area (TPSA) is 307 Å². The minimum absolute atomic E-state index is 0.203. The van der Waals surface area contributed by atoms with Gasteiger partial charge in [0.1, 0.15) is 73.2 Å². The van der Waals surface area contributed by atoms with E-state index in [-0.39, 0.29) is 18.9 Å². The Balaban J connectivity index is 1.55. The molecule has 0 saturated carbocycles. The molecule has 3 fully saturated rings. The molecule has 3 rings (SSSR count). The first-order valence-corrected chi connectivity index (χ1v) is 28.2. The van der Waals surface area contributed by atoms with Crippen LogP contribution >= 0.6 is 0 Å². The summed E-state index contributed by atoms with van der Waals surface area (Å²) in [6.07, 6.45) is 18.9. The molecule has 0 spiro atoms. The van der Waals surface area contributed by atoms with Gasteiger partial charge in [0.05, 0.1) is 38.6 Å². The second kappa shape index (κ2) is 40.4. The maximum atomic E-state index is 13.3. The lowest BCUT2D eigenvalue weighted by molar-refractivity contribution is -0.379. The van der Waals surface area contributed by atoms with Crippen LogP contribution in [0.2, 0.25) is 0 Å². The summed E-state index contributed by atoms with van der Waals surface area (Å²) in [5.74, 6) is -0.314. The second-order valence-electron chi connectivity index (χ2n) is 20.0. The highest BCUT2D eigenvalue weighted by atomic mass is 16.8. The maximum absolute atomic E-state index is 13.3. The largest absolute Gasteiger partial charge is 0.394 e. The number of hydrogen-bond donors (Lipinski definition) is 12. The number of allylic oxidation sites excluding steroid dienone is 11. The molecule has 76 heavy (non-hydrogen) atoms. The molecule has 1 amide bonds. The van der Waals surface area contributed by atoms with Gasteiger partial charge in [-0.3, -0.25) is 4.79 Å². The number of nitrogens with one attached hydrogen (secondary N) is 1. The van der Waals surface area contributed by atoms with Gasteiger partial charge in [0.25, 0.3) is 0 Å². The van der Waals surface area contributed by atoms with Crippen LogP contribution in [-0.4, -0.2) is 193 Å². The van der Waals surface area contributed by atoms with Gasteiger partial charge in [-0.15, -0.1) is 0 Å². The Bertz CT molecular complexity index is 1670. The van der Waals surface area contributed by atoms with Gasteiger partial charge in [-0.1, -0.05) is 145 Å². The quantitative estimate of drug-likeness (QED) is 0.0307. The first-order valence-electron chi connectivity index (χ1n) is 28.2. The monoisotopic (exact) mass is 1080 g/mol. The van der Waals surface area contributed by atoms with Gasteiger partial charge >= 0.3 is 0 Å². The number of rotatable bonds is 39. The zero-order valence-electron chi connectivity index (χ0n) is 45.2. The summed E-state index contributed by atoms with van der Waals surface area (Å²) in [5.41, 5.74) is 0. The van der Waals surface area contributed by atoms with E-state index in [1.165, 1.54) is 44.9 Å². The Hall–Kier alpha value is -2.77. The van der Waals surface area contributed by atoms with Gasteiger partial charge in [-0.25, -0.2) is 0 Å². The van der Waals surface area contributed by atoms with Crippen molar-refractivity contribution in [3.8, 4) is 0 Å². The summed E-state index contributed by atoms with van der Waals surface area (Å²) < 4.78 is 34.1. The van der Waals surface area contributed by atoms with Crippen LogP contribution in [0.15, 0.2) is 72.9 Å². The molecule has 438 valence electrons. The fourth-order valence-corrected chi connectivity index (χ4v) is 9.08. The van der Waals surface area contributed by atoms with Gasteiger partial charge < -0.3 is 89.9 Å². The highest BCUT2D eigenvalue weighted by Crippen LogP contribution is 2.33. The van der Waals surface area contributed by atoms with Crippen LogP contribution in [0.4, 0.5) is 0 Å². The van der Waals surface area contributed by atoms with Gasteiger partial charge in [-0.2, -0.15) is 0 Å². The van der Waals surface area contributed by atoms with Crippen molar-refractivity contribution < 1.29 is 89.4 Å². The summed E-state index contributed by atoms with van der Waals surface area (Å²) in [7, 11) is 0. The summed E-state index contributed by atoms with van der Waals surface area (Å²) in [4.78, 5) is 13.3. The molecule has 3 saturated heterocycles. The molecule has 0 aliphatic carbocycles. The Morgan fingerprint density at radius 1 is 0.487 bits per heavy atom. The normalized spacial score (nSPS) is 31.5. The van der Waals surface area contributed by atoms with E-state index in [0.29, 0.717) is 12.8 Å². The van der Waals surface area contributed by atoms with Crippen molar-refractivity contribution in [2.45, 2.75) is 253 Å². The number of carbonyl (C=O) groups is 1. The van der Waals surface area contributed by atoms with Crippen molar-refractivity contribution in [3.05, 3.63) is 72.9 Å². The minimum atomic E-state index is -1.99. The Morgan fingerprint density at radius 3 is 1.47 bits per heavy atom. The van der Waals surface area contributed by atoms with E-state index in [1.807, 2.05) is 6.08 Å². The Labute approximate surface area is 451 Å². The molecule has 3 aliphatic heterocycles. The Morgan fingerprint density at radius 2 is 0.921 bits per heavy atom. The maximum Gasteiger partial charge on any atom is 0.220 e. The van der Waals surface area contributed by atoms with Crippen LogP contribution in [0.1, 0.15) is 149 Å². The smallest absolute Gasteiger partial charge is 0.220 e. The van der Waals surface area contributed by atoms with Crippen molar-refractivity contribution in [2.75, 3.05) is 26.4 Å². The lowest BCUT2D eigenvalue weighted by atomic mass is 9.96. The van der Waals surface area contributed by atoms with E-state index in [2.05, 4.69) is 79.9 Å².